The molecule has 0 aromatic rings. The predicted octanol–water partition coefficient (Wildman–Crippen LogP) is -0.663. The third kappa shape index (κ3) is 4.49. The molecule has 0 aromatic carbocycles. The first kappa shape index (κ1) is 15.4. The fraction of sp³-hybridized carbons (Fsp3) is 0.727. The van der Waals surface area contributed by atoms with Crippen molar-refractivity contribution in [3.63, 3.8) is 0 Å². The van der Waals surface area contributed by atoms with Crippen LogP contribution in [-0.2, 0) is 23.9 Å². The van der Waals surface area contributed by atoms with Crippen LogP contribution in [0.1, 0.15) is 6.42 Å². The summed E-state index contributed by atoms with van der Waals surface area (Å²) in [7, 11) is 3.08. The van der Waals surface area contributed by atoms with E-state index >= 15 is 0 Å². The molecule has 1 heterocycles. The number of rotatable bonds is 8. The molecule has 1 unspecified atom stereocenters. The summed E-state index contributed by atoms with van der Waals surface area (Å²) < 4.78 is 9.85. The summed E-state index contributed by atoms with van der Waals surface area (Å²) in [5.41, 5.74) is -0.142. The van der Waals surface area contributed by atoms with Crippen molar-refractivity contribution in [2.75, 3.05) is 40.5 Å². The Bertz CT molecular complexity index is 349. The zero-order valence-electron chi connectivity index (χ0n) is 11.0. The monoisotopic (exact) mass is 274 g/mol. The van der Waals surface area contributed by atoms with Gasteiger partial charge in [-0.05, 0) is 0 Å². The van der Waals surface area contributed by atoms with Gasteiger partial charge in [-0.15, -0.1) is 0 Å². The highest BCUT2D eigenvalue weighted by Gasteiger charge is 2.34. The van der Waals surface area contributed by atoms with E-state index in [0.717, 1.165) is 0 Å². The molecule has 1 N–H and O–H groups in total. The Morgan fingerprint density at radius 3 is 2.37 bits per heavy atom. The Morgan fingerprint density at radius 1 is 1.37 bits per heavy atom. The summed E-state index contributed by atoms with van der Waals surface area (Å²) in [4.78, 5) is 29.2. The van der Waals surface area contributed by atoms with E-state index in [1.54, 1.807) is 0 Å². The largest absolute Gasteiger partial charge is 0.477 e. The second-order valence-electron chi connectivity index (χ2n) is 3.95. The Morgan fingerprint density at radius 2 is 1.95 bits per heavy atom. The summed E-state index contributed by atoms with van der Waals surface area (Å²) >= 11 is 0. The second kappa shape index (κ2) is 7.70. The molecule has 8 nitrogen and oxygen atoms in total. The van der Waals surface area contributed by atoms with Crippen molar-refractivity contribution in [3.05, 3.63) is 0 Å². The van der Waals surface area contributed by atoms with E-state index in [1.165, 1.54) is 19.1 Å². The molecule has 1 rings (SSSR count). The number of hydrogen-bond donors (Lipinski definition) is 1. The maximum atomic E-state index is 12.1. The average molecular weight is 274 g/mol. The number of carboxylic acid groups (broad SMARTS) is 1. The van der Waals surface area contributed by atoms with Gasteiger partial charge in [0, 0.05) is 33.7 Å². The van der Waals surface area contributed by atoms with Gasteiger partial charge < -0.3 is 24.3 Å². The summed E-state index contributed by atoms with van der Waals surface area (Å²) in [6, 6.07) is 0. The number of amides is 1. The van der Waals surface area contributed by atoms with E-state index in [-0.39, 0.29) is 18.0 Å². The van der Waals surface area contributed by atoms with Crippen molar-refractivity contribution >= 4 is 17.6 Å². The minimum absolute atomic E-state index is 0.0232. The first-order valence-corrected chi connectivity index (χ1v) is 5.82. The van der Waals surface area contributed by atoms with Crippen LogP contribution in [0, 0.1) is 0 Å². The van der Waals surface area contributed by atoms with Crippen molar-refractivity contribution in [2.24, 2.45) is 5.16 Å². The highest BCUT2D eigenvalue weighted by molar-refractivity contribution is 6.36. The van der Waals surface area contributed by atoms with Gasteiger partial charge >= 0.3 is 5.97 Å². The van der Waals surface area contributed by atoms with Gasteiger partial charge in [-0.3, -0.25) is 4.79 Å². The molecule has 19 heavy (non-hydrogen) atoms. The first-order valence-electron chi connectivity index (χ1n) is 5.82. The standard InChI is InChI=1S/C11H18N2O6/c1-17-5-3-13(4-6-18-2)10(14)9-7-8(11(15)16)12-19-9/h9H,3-7H2,1-2H3,(H,15,16). The van der Waals surface area contributed by atoms with Crippen LogP contribution < -0.4 is 0 Å². The van der Waals surface area contributed by atoms with E-state index < -0.39 is 12.1 Å². The van der Waals surface area contributed by atoms with E-state index in [1.807, 2.05) is 0 Å². The maximum Gasteiger partial charge on any atom is 0.353 e. The zero-order valence-corrected chi connectivity index (χ0v) is 11.0. The van der Waals surface area contributed by atoms with Gasteiger partial charge in [0.15, 0.2) is 5.71 Å². The second-order valence-corrected chi connectivity index (χ2v) is 3.95. The fourth-order valence-electron chi connectivity index (χ4n) is 1.57. The summed E-state index contributed by atoms with van der Waals surface area (Å²) in [5.74, 6) is -1.48. The maximum absolute atomic E-state index is 12.1. The normalized spacial score (nSPS) is 17.8. The molecular formula is C11H18N2O6. The molecular weight excluding hydrogens is 256 g/mol. The van der Waals surface area contributed by atoms with Gasteiger partial charge in [0.2, 0.25) is 6.10 Å². The van der Waals surface area contributed by atoms with Crippen molar-refractivity contribution in [3.8, 4) is 0 Å². The lowest BCUT2D eigenvalue weighted by atomic mass is 10.1. The molecule has 1 aliphatic rings. The highest BCUT2D eigenvalue weighted by atomic mass is 16.6. The molecule has 0 saturated heterocycles. The number of carbonyl (C=O) groups excluding carboxylic acids is 1. The van der Waals surface area contributed by atoms with Crippen LogP contribution in [0.2, 0.25) is 0 Å². The fourth-order valence-corrected chi connectivity index (χ4v) is 1.57. The molecule has 108 valence electrons. The van der Waals surface area contributed by atoms with Crippen LogP contribution in [0.4, 0.5) is 0 Å². The van der Waals surface area contributed by atoms with Crippen LogP contribution in [0.3, 0.4) is 0 Å². The number of ether oxygens (including phenoxy) is 2. The molecule has 8 heteroatoms. The number of oxime groups is 1. The lowest BCUT2D eigenvalue weighted by molar-refractivity contribution is -0.143. The quantitative estimate of drug-likeness (QED) is 0.631. The third-order valence-electron chi connectivity index (χ3n) is 2.63. The zero-order chi connectivity index (χ0) is 14.3. The van der Waals surface area contributed by atoms with Gasteiger partial charge in [0.25, 0.3) is 5.91 Å². The molecule has 0 spiro atoms. The van der Waals surface area contributed by atoms with E-state index in [0.29, 0.717) is 26.3 Å². The smallest absolute Gasteiger partial charge is 0.353 e. The number of nitrogens with zero attached hydrogens (tertiary/aromatic N) is 2. The lowest BCUT2D eigenvalue weighted by Crippen LogP contribution is -2.43. The molecule has 0 saturated carbocycles. The molecule has 0 bridgehead atoms. The summed E-state index contributed by atoms with van der Waals surface area (Å²) in [5, 5.41) is 12.1. The highest BCUT2D eigenvalue weighted by Crippen LogP contribution is 2.13. The van der Waals surface area contributed by atoms with Gasteiger partial charge in [0.1, 0.15) is 0 Å². The summed E-state index contributed by atoms with van der Waals surface area (Å²) in [6.07, 6.45) is -0.898. The van der Waals surface area contributed by atoms with Crippen molar-refractivity contribution in [1.82, 2.24) is 4.90 Å². The number of methoxy groups -OCH3 is 2. The van der Waals surface area contributed by atoms with Crippen LogP contribution in [-0.4, -0.2) is 74.2 Å². The van der Waals surface area contributed by atoms with Crippen molar-refractivity contribution in [1.29, 1.82) is 0 Å². The van der Waals surface area contributed by atoms with Crippen molar-refractivity contribution in [2.45, 2.75) is 12.5 Å². The van der Waals surface area contributed by atoms with Gasteiger partial charge in [-0.1, -0.05) is 5.16 Å². The number of carbonyl (C=O) groups is 2. The number of carboxylic acids is 1. The number of aliphatic carboxylic acids is 1. The minimum atomic E-state index is -1.17. The Balaban J connectivity index is 2.54. The predicted molar refractivity (Wildman–Crippen MR) is 64.9 cm³/mol. The van der Waals surface area contributed by atoms with E-state index in [4.69, 9.17) is 19.4 Å². The lowest BCUT2D eigenvalue weighted by Gasteiger charge is -2.23. The molecule has 1 aliphatic heterocycles. The minimum Gasteiger partial charge on any atom is -0.477 e. The first-order chi connectivity index (χ1) is 9.10. The van der Waals surface area contributed by atoms with Gasteiger partial charge in [0.05, 0.1) is 13.2 Å². The Labute approximate surface area is 110 Å². The molecule has 1 amide bonds. The Kier molecular flexibility index (Phi) is 6.23. The SMILES string of the molecule is COCCN(CCOC)C(=O)C1CC(C(=O)O)=NO1. The topological polar surface area (TPSA) is 97.7 Å². The van der Waals surface area contributed by atoms with Gasteiger partial charge in [-0.2, -0.15) is 0 Å². The van der Waals surface area contributed by atoms with Crippen molar-refractivity contribution < 1.29 is 29.0 Å². The molecule has 1 atom stereocenters. The molecule has 0 radical (unpaired) electrons. The summed E-state index contributed by atoms with van der Waals surface area (Å²) in [6.45, 7) is 1.55. The Hall–Kier alpha value is -1.67. The van der Waals surface area contributed by atoms with Crippen LogP contribution in [0.15, 0.2) is 5.16 Å². The van der Waals surface area contributed by atoms with Crippen LogP contribution in [0.5, 0.6) is 0 Å². The average Bonchev–Trinajstić information content (AvgIpc) is 2.88. The third-order valence-corrected chi connectivity index (χ3v) is 2.63. The van der Waals surface area contributed by atoms with E-state index in [9.17, 15) is 9.59 Å². The van der Waals surface area contributed by atoms with E-state index in [2.05, 4.69) is 5.16 Å². The van der Waals surface area contributed by atoms with Crippen LogP contribution in [0.25, 0.3) is 0 Å². The molecule has 0 aromatic heterocycles. The molecule has 0 aliphatic carbocycles. The van der Waals surface area contributed by atoms with Crippen LogP contribution >= 0.6 is 0 Å². The molecule has 0 fully saturated rings. The van der Waals surface area contributed by atoms with Gasteiger partial charge in [-0.25, -0.2) is 4.79 Å². The number of hydrogen-bond acceptors (Lipinski definition) is 6.